The third-order valence-electron chi connectivity index (χ3n) is 6.75. The second-order valence-corrected chi connectivity index (χ2v) is 9.90. The summed E-state index contributed by atoms with van der Waals surface area (Å²) < 4.78 is 16.1. The van der Waals surface area contributed by atoms with Gasteiger partial charge >= 0.3 is 0 Å². The molecule has 3 aromatic rings. The summed E-state index contributed by atoms with van der Waals surface area (Å²) in [5.74, 6) is 2.03. The Hall–Kier alpha value is -3.88. The lowest BCUT2D eigenvalue weighted by Gasteiger charge is -2.18. The van der Waals surface area contributed by atoms with Gasteiger partial charge in [-0.05, 0) is 61.1 Å². The van der Waals surface area contributed by atoms with Crippen LogP contribution in [-0.4, -0.2) is 28.2 Å². The Morgan fingerprint density at radius 1 is 1.13 bits per heavy atom. The molecule has 39 heavy (non-hydrogen) atoms. The van der Waals surface area contributed by atoms with Crippen molar-refractivity contribution in [2.45, 2.75) is 65.5 Å². The molecule has 2 aromatic carbocycles. The van der Waals surface area contributed by atoms with Crippen LogP contribution in [0.5, 0.6) is 0 Å². The van der Waals surface area contributed by atoms with Crippen LogP contribution in [0.15, 0.2) is 78.4 Å². The van der Waals surface area contributed by atoms with Crippen LogP contribution in [0.4, 0.5) is 4.39 Å². The van der Waals surface area contributed by atoms with Gasteiger partial charge in [0.15, 0.2) is 0 Å². The standard InChI is InChI=1S/C34H39FN2O2/c1-6-9-14-25(8-3)23-36-34(39)31-30(26-15-11-10-12-16-26)33(27-17-19-28(35)20-18-27)37(32(31)24(4)5)22-21-29(38)13-7-2/h2,6,9-12,14-20,24,29,38H,8,13,21-23H2,1,3-5H3,(H,36,39)/b9-6-,25-14+/t29-/m0/s1. The zero-order chi connectivity index (χ0) is 28.4. The van der Waals surface area contributed by atoms with Crippen LogP contribution in [0.3, 0.4) is 0 Å². The molecular weight excluding hydrogens is 487 g/mol. The molecule has 0 radical (unpaired) electrons. The van der Waals surface area contributed by atoms with Gasteiger partial charge in [0.2, 0.25) is 0 Å². The lowest BCUT2D eigenvalue weighted by atomic mass is 9.94. The SMILES string of the molecule is C#CC[C@H](O)CCn1c(-c2ccc(F)cc2)c(-c2ccccc2)c(C(=O)NC/C(=C/C=C\C)CC)c1C(C)C. The van der Waals surface area contributed by atoms with Crippen molar-refractivity contribution in [2.24, 2.45) is 0 Å². The van der Waals surface area contributed by atoms with Gasteiger partial charge in [0.05, 0.1) is 17.4 Å². The molecule has 204 valence electrons. The minimum absolute atomic E-state index is 0.00333. The number of aliphatic hydroxyl groups excluding tert-OH is 1. The monoisotopic (exact) mass is 526 g/mol. The molecule has 3 rings (SSSR count). The maximum absolute atomic E-state index is 14.0. The van der Waals surface area contributed by atoms with Crippen LogP contribution < -0.4 is 5.32 Å². The fourth-order valence-corrected chi connectivity index (χ4v) is 4.83. The highest BCUT2D eigenvalue weighted by molar-refractivity contribution is 6.06. The molecule has 0 saturated carbocycles. The van der Waals surface area contributed by atoms with Gasteiger partial charge in [-0.2, -0.15) is 0 Å². The van der Waals surface area contributed by atoms with E-state index in [2.05, 4.69) is 36.6 Å². The second-order valence-electron chi connectivity index (χ2n) is 9.90. The average Bonchev–Trinajstić information content (AvgIpc) is 3.28. The quantitative estimate of drug-likeness (QED) is 0.190. The van der Waals surface area contributed by atoms with E-state index in [0.717, 1.165) is 40.1 Å². The molecule has 0 aliphatic rings. The lowest BCUT2D eigenvalue weighted by molar-refractivity contribution is 0.0956. The summed E-state index contributed by atoms with van der Waals surface area (Å²) in [5, 5.41) is 13.6. The number of rotatable bonds is 12. The van der Waals surface area contributed by atoms with E-state index in [0.29, 0.717) is 25.1 Å². The van der Waals surface area contributed by atoms with Crippen molar-refractivity contribution >= 4 is 5.91 Å². The van der Waals surface area contributed by atoms with Gasteiger partial charge in [-0.15, -0.1) is 12.3 Å². The van der Waals surface area contributed by atoms with E-state index >= 15 is 0 Å². The minimum atomic E-state index is -0.667. The van der Waals surface area contributed by atoms with Crippen molar-refractivity contribution in [1.29, 1.82) is 0 Å². The fraction of sp³-hybridized carbons (Fsp3) is 0.324. The van der Waals surface area contributed by atoms with Crippen LogP contribution in [0.1, 0.15) is 68.9 Å². The molecule has 1 atom stereocenters. The van der Waals surface area contributed by atoms with E-state index in [9.17, 15) is 14.3 Å². The third kappa shape index (κ3) is 7.37. The smallest absolute Gasteiger partial charge is 0.254 e. The summed E-state index contributed by atoms with van der Waals surface area (Å²) in [6.45, 7) is 9.05. The van der Waals surface area contributed by atoms with Crippen molar-refractivity contribution in [2.75, 3.05) is 6.54 Å². The zero-order valence-electron chi connectivity index (χ0n) is 23.4. The average molecular weight is 527 g/mol. The first kappa shape index (κ1) is 29.7. The number of carbonyl (C=O) groups excluding carboxylic acids is 1. The van der Waals surface area contributed by atoms with Crippen molar-refractivity contribution in [3.05, 3.63) is 95.5 Å². The van der Waals surface area contributed by atoms with Crippen LogP contribution in [0.25, 0.3) is 22.4 Å². The Morgan fingerprint density at radius 2 is 1.82 bits per heavy atom. The summed E-state index contributed by atoms with van der Waals surface area (Å²) in [4.78, 5) is 14.0. The van der Waals surface area contributed by atoms with E-state index < -0.39 is 6.10 Å². The number of carbonyl (C=O) groups is 1. The van der Waals surface area contributed by atoms with Gasteiger partial charge in [-0.1, -0.05) is 74.9 Å². The normalized spacial score (nSPS) is 12.6. The minimum Gasteiger partial charge on any atom is -0.392 e. The summed E-state index contributed by atoms with van der Waals surface area (Å²) in [6, 6.07) is 16.2. The zero-order valence-corrected chi connectivity index (χ0v) is 23.4. The lowest BCUT2D eigenvalue weighted by Crippen LogP contribution is -2.27. The van der Waals surface area contributed by atoms with Crippen molar-refractivity contribution in [1.82, 2.24) is 9.88 Å². The number of hydrogen-bond donors (Lipinski definition) is 2. The molecule has 0 aliphatic heterocycles. The van der Waals surface area contributed by atoms with Gasteiger partial charge in [0, 0.05) is 30.8 Å². The van der Waals surface area contributed by atoms with E-state index in [-0.39, 0.29) is 24.1 Å². The molecule has 4 nitrogen and oxygen atoms in total. The summed E-state index contributed by atoms with van der Waals surface area (Å²) >= 11 is 0. The Morgan fingerprint density at radius 3 is 2.41 bits per heavy atom. The molecule has 0 saturated heterocycles. The van der Waals surface area contributed by atoms with Gasteiger partial charge < -0.3 is 15.0 Å². The number of amides is 1. The molecule has 0 unspecified atom stereocenters. The third-order valence-corrected chi connectivity index (χ3v) is 6.75. The maximum Gasteiger partial charge on any atom is 0.254 e. The molecule has 0 aliphatic carbocycles. The maximum atomic E-state index is 14.0. The first-order chi connectivity index (χ1) is 18.8. The number of aliphatic hydroxyl groups is 1. The molecule has 2 N–H and O–H groups in total. The Labute approximate surface area is 232 Å². The molecule has 1 heterocycles. The molecular formula is C34H39FN2O2. The Kier molecular flexibility index (Phi) is 10.9. The number of halogens is 1. The number of terminal acetylenes is 1. The molecule has 5 heteroatoms. The van der Waals surface area contributed by atoms with Crippen LogP contribution in [0, 0.1) is 18.2 Å². The van der Waals surface area contributed by atoms with Crippen LogP contribution in [-0.2, 0) is 6.54 Å². The van der Waals surface area contributed by atoms with E-state index in [1.807, 2.05) is 55.5 Å². The van der Waals surface area contributed by atoms with E-state index in [1.54, 1.807) is 12.1 Å². The number of hydrogen-bond acceptors (Lipinski definition) is 2. The van der Waals surface area contributed by atoms with Gasteiger partial charge in [-0.25, -0.2) is 4.39 Å². The predicted molar refractivity (Wildman–Crippen MR) is 159 cm³/mol. The largest absolute Gasteiger partial charge is 0.392 e. The first-order valence-electron chi connectivity index (χ1n) is 13.6. The van der Waals surface area contributed by atoms with Gasteiger partial charge in [0.25, 0.3) is 5.91 Å². The number of allylic oxidation sites excluding steroid dienone is 3. The Balaban J connectivity index is 2.28. The summed E-state index contributed by atoms with van der Waals surface area (Å²) in [6.07, 6.45) is 12.2. The van der Waals surface area contributed by atoms with Crippen LogP contribution >= 0.6 is 0 Å². The van der Waals surface area contributed by atoms with Crippen molar-refractivity contribution < 1.29 is 14.3 Å². The molecule has 0 spiro atoms. The van der Waals surface area contributed by atoms with E-state index in [4.69, 9.17) is 6.42 Å². The highest BCUT2D eigenvalue weighted by Gasteiger charge is 2.30. The van der Waals surface area contributed by atoms with E-state index in [1.165, 1.54) is 12.1 Å². The number of nitrogens with zero attached hydrogens (tertiary/aromatic N) is 1. The Bertz CT molecular complexity index is 1340. The van der Waals surface area contributed by atoms with Crippen molar-refractivity contribution in [3.8, 4) is 34.7 Å². The topological polar surface area (TPSA) is 54.3 Å². The van der Waals surface area contributed by atoms with Gasteiger partial charge in [-0.3, -0.25) is 4.79 Å². The second kappa shape index (κ2) is 14.3. The van der Waals surface area contributed by atoms with Gasteiger partial charge in [0.1, 0.15) is 5.82 Å². The molecule has 0 bridgehead atoms. The predicted octanol–water partition coefficient (Wildman–Crippen LogP) is 7.50. The molecule has 0 fully saturated rings. The molecule has 1 aromatic heterocycles. The first-order valence-corrected chi connectivity index (χ1v) is 13.6. The highest BCUT2D eigenvalue weighted by atomic mass is 19.1. The fourth-order valence-electron chi connectivity index (χ4n) is 4.83. The number of aromatic nitrogens is 1. The summed E-state index contributed by atoms with van der Waals surface area (Å²) in [5.41, 5.74) is 5.90. The summed E-state index contributed by atoms with van der Waals surface area (Å²) in [7, 11) is 0. The number of nitrogens with one attached hydrogen (secondary N) is 1. The van der Waals surface area contributed by atoms with Crippen LogP contribution in [0.2, 0.25) is 0 Å². The highest BCUT2D eigenvalue weighted by Crippen LogP contribution is 2.42. The van der Waals surface area contributed by atoms with Crippen molar-refractivity contribution in [3.63, 3.8) is 0 Å². The molecule has 1 amide bonds. The number of benzene rings is 2.